The molecule has 4 aromatic rings. The second kappa shape index (κ2) is 7.82. The Kier molecular flexibility index (Phi) is 5.10. The van der Waals surface area contributed by atoms with Gasteiger partial charge < -0.3 is 9.88 Å². The van der Waals surface area contributed by atoms with E-state index >= 15 is 0 Å². The molecule has 0 bridgehead atoms. The van der Waals surface area contributed by atoms with Crippen molar-refractivity contribution in [1.82, 2.24) is 9.88 Å². The number of thiophene rings is 1. The molecule has 0 saturated heterocycles. The number of nitrogens with one attached hydrogen (secondary N) is 1. The molecule has 27 heavy (non-hydrogen) atoms. The fraction of sp³-hybridized carbons (Fsp3) is 0.0455. The minimum Gasteiger partial charge on any atom is -0.347 e. The molecule has 134 valence electrons. The maximum absolute atomic E-state index is 12.9. The minimum absolute atomic E-state index is 0.106. The number of halogens is 1. The lowest BCUT2D eigenvalue weighted by Gasteiger charge is -2.11. The third kappa shape index (κ3) is 3.68. The maximum Gasteiger partial charge on any atom is 0.263 e. The van der Waals surface area contributed by atoms with E-state index in [4.69, 9.17) is 11.6 Å². The summed E-state index contributed by atoms with van der Waals surface area (Å²) in [4.78, 5) is 13.6. The molecule has 1 amide bonds. The summed E-state index contributed by atoms with van der Waals surface area (Å²) in [5.41, 5.74) is 3.92. The van der Waals surface area contributed by atoms with Gasteiger partial charge in [0.1, 0.15) is 4.88 Å². The van der Waals surface area contributed by atoms with Gasteiger partial charge in [-0.25, -0.2) is 0 Å². The molecule has 1 N–H and O–H groups in total. The van der Waals surface area contributed by atoms with E-state index in [-0.39, 0.29) is 5.91 Å². The molecule has 2 aromatic heterocycles. The normalized spacial score (nSPS) is 10.7. The average Bonchev–Trinajstić information content (AvgIpc) is 3.37. The monoisotopic (exact) mass is 392 g/mol. The number of carbonyl (C=O) groups is 1. The van der Waals surface area contributed by atoms with Crippen LogP contribution in [0.15, 0.2) is 84.5 Å². The number of nitrogens with zero attached hydrogens (tertiary/aromatic N) is 1. The predicted molar refractivity (Wildman–Crippen MR) is 112 cm³/mol. The zero-order chi connectivity index (χ0) is 18.6. The predicted octanol–water partition coefficient (Wildman–Crippen LogP) is 5.79. The fourth-order valence-electron chi connectivity index (χ4n) is 2.97. The summed E-state index contributed by atoms with van der Waals surface area (Å²) in [6, 6.07) is 21.6. The zero-order valence-electron chi connectivity index (χ0n) is 14.4. The van der Waals surface area contributed by atoms with Crippen LogP contribution in [0.5, 0.6) is 0 Å². The largest absolute Gasteiger partial charge is 0.347 e. The van der Waals surface area contributed by atoms with Gasteiger partial charge in [-0.05, 0) is 29.3 Å². The van der Waals surface area contributed by atoms with Crippen LogP contribution in [0.4, 0.5) is 0 Å². The van der Waals surface area contributed by atoms with E-state index < -0.39 is 0 Å². The van der Waals surface area contributed by atoms with Crippen LogP contribution in [-0.2, 0) is 6.54 Å². The van der Waals surface area contributed by atoms with E-state index in [0.717, 1.165) is 22.4 Å². The molecule has 0 saturated carbocycles. The van der Waals surface area contributed by atoms with Crippen LogP contribution in [-0.4, -0.2) is 10.5 Å². The summed E-state index contributed by atoms with van der Waals surface area (Å²) >= 11 is 7.65. The molecule has 0 unspecified atom stereocenters. The van der Waals surface area contributed by atoms with Crippen LogP contribution < -0.4 is 5.32 Å². The van der Waals surface area contributed by atoms with Crippen LogP contribution in [0.1, 0.15) is 15.2 Å². The maximum atomic E-state index is 12.9. The van der Waals surface area contributed by atoms with E-state index in [1.807, 2.05) is 76.9 Å². The Morgan fingerprint density at radius 1 is 0.963 bits per heavy atom. The van der Waals surface area contributed by atoms with Crippen LogP contribution in [0, 0.1) is 0 Å². The number of rotatable bonds is 5. The van der Waals surface area contributed by atoms with Gasteiger partial charge in [-0.1, -0.05) is 60.1 Å². The lowest BCUT2D eigenvalue weighted by atomic mass is 10.1. The summed E-state index contributed by atoms with van der Waals surface area (Å²) in [5.74, 6) is -0.106. The lowest BCUT2D eigenvalue weighted by Crippen LogP contribution is -2.23. The molecule has 0 radical (unpaired) electrons. The summed E-state index contributed by atoms with van der Waals surface area (Å²) in [6.07, 6.45) is 3.92. The first-order valence-electron chi connectivity index (χ1n) is 8.56. The average molecular weight is 393 g/mol. The van der Waals surface area contributed by atoms with Gasteiger partial charge in [0.25, 0.3) is 5.91 Å². The van der Waals surface area contributed by atoms with Gasteiger partial charge in [0.05, 0.1) is 5.69 Å². The van der Waals surface area contributed by atoms with Crippen LogP contribution in [0.3, 0.4) is 0 Å². The van der Waals surface area contributed by atoms with E-state index in [1.165, 1.54) is 11.3 Å². The third-order valence-corrected chi connectivity index (χ3v) is 5.65. The highest BCUT2D eigenvalue weighted by Crippen LogP contribution is 2.35. The zero-order valence-corrected chi connectivity index (χ0v) is 16.0. The molecule has 0 spiro atoms. The molecule has 2 aromatic carbocycles. The molecule has 0 aliphatic rings. The molecule has 3 nitrogen and oxygen atoms in total. The number of carbonyl (C=O) groups excluding carboxylic acids is 1. The second-order valence-corrected chi connectivity index (χ2v) is 7.34. The Bertz CT molecular complexity index is 1060. The van der Waals surface area contributed by atoms with Gasteiger partial charge in [0, 0.05) is 34.9 Å². The van der Waals surface area contributed by atoms with Gasteiger partial charge in [0.2, 0.25) is 0 Å². The second-order valence-electron chi connectivity index (χ2n) is 6.06. The van der Waals surface area contributed by atoms with Crippen molar-refractivity contribution in [1.29, 1.82) is 0 Å². The van der Waals surface area contributed by atoms with Gasteiger partial charge in [-0.15, -0.1) is 11.3 Å². The molecule has 0 fully saturated rings. The van der Waals surface area contributed by atoms with Gasteiger partial charge in [0.15, 0.2) is 0 Å². The highest BCUT2D eigenvalue weighted by molar-refractivity contribution is 7.13. The fourth-order valence-corrected chi connectivity index (χ4v) is 4.16. The number of hydrogen-bond donors (Lipinski definition) is 1. The standard InChI is InChI=1S/C22H17ClN2OS/c23-19-11-5-4-10-17(19)14-24-22(26)21-20(25-12-6-7-13-25)18(15-27-21)16-8-2-1-3-9-16/h1-13,15H,14H2,(H,24,26). The van der Waals surface area contributed by atoms with Crippen molar-refractivity contribution in [3.05, 3.63) is 100.0 Å². The number of hydrogen-bond acceptors (Lipinski definition) is 2. The highest BCUT2D eigenvalue weighted by Gasteiger charge is 2.20. The molecule has 0 aliphatic heterocycles. The Balaban J connectivity index is 1.67. The van der Waals surface area contributed by atoms with Crippen molar-refractivity contribution in [2.45, 2.75) is 6.54 Å². The third-order valence-electron chi connectivity index (χ3n) is 4.32. The molecule has 4 rings (SSSR count). The Labute approximate surface area is 166 Å². The molecule has 2 heterocycles. The van der Waals surface area contributed by atoms with Crippen molar-refractivity contribution in [2.24, 2.45) is 0 Å². The topological polar surface area (TPSA) is 34.0 Å². The van der Waals surface area contributed by atoms with Gasteiger partial charge in [-0.3, -0.25) is 4.79 Å². The van der Waals surface area contributed by atoms with E-state index in [1.54, 1.807) is 0 Å². The van der Waals surface area contributed by atoms with Crippen molar-refractivity contribution < 1.29 is 4.79 Å². The van der Waals surface area contributed by atoms with E-state index in [2.05, 4.69) is 17.4 Å². The minimum atomic E-state index is -0.106. The molecular formula is C22H17ClN2OS. The highest BCUT2D eigenvalue weighted by atomic mass is 35.5. The number of benzene rings is 2. The Morgan fingerprint density at radius 3 is 2.41 bits per heavy atom. The summed E-state index contributed by atoms with van der Waals surface area (Å²) in [7, 11) is 0. The van der Waals surface area contributed by atoms with Crippen molar-refractivity contribution in [3.63, 3.8) is 0 Å². The Hall–Kier alpha value is -2.82. The number of amides is 1. The molecule has 0 atom stereocenters. The van der Waals surface area contributed by atoms with Crippen molar-refractivity contribution >= 4 is 28.8 Å². The van der Waals surface area contributed by atoms with Crippen molar-refractivity contribution in [2.75, 3.05) is 0 Å². The van der Waals surface area contributed by atoms with Crippen LogP contribution in [0.25, 0.3) is 16.8 Å². The van der Waals surface area contributed by atoms with Crippen LogP contribution >= 0.6 is 22.9 Å². The number of aromatic nitrogens is 1. The summed E-state index contributed by atoms with van der Waals surface area (Å²) in [6.45, 7) is 0.391. The van der Waals surface area contributed by atoms with Crippen molar-refractivity contribution in [3.8, 4) is 16.8 Å². The smallest absolute Gasteiger partial charge is 0.263 e. The molecule has 0 aliphatic carbocycles. The van der Waals surface area contributed by atoms with Gasteiger partial charge in [-0.2, -0.15) is 0 Å². The quantitative estimate of drug-likeness (QED) is 0.458. The molecular weight excluding hydrogens is 376 g/mol. The first-order chi connectivity index (χ1) is 13.2. The Morgan fingerprint density at radius 2 is 1.67 bits per heavy atom. The van der Waals surface area contributed by atoms with Crippen LogP contribution in [0.2, 0.25) is 5.02 Å². The van der Waals surface area contributed by atoms with Gasteiger partial charge >= 0.3 is 0 Å². The SMILES string of the molecule is O=C(NCc1ccccc1Cl)c1scc(-c2ccccc2)c1-n1cccc1. The van der Waals surface area contributed by atoms with E-state index in [0.29, 0.717) is 16.4 Å². The first-order valence-corrected chi connectivity index (χ1v) is 9.81. The molecule has 5 heteroatoms. The van der Waals surface area contributed by atoms with E-state index in [9.17, 15) is 4.79 Å². The summed E-state index contributed by atoms with van der Waals surface area (Å²) < 4.78 is 1.99. The summed E-state index contributed by atoms with van der Waals surface area (Å²) in [5, 5.41) is 5.69. The lowest BCUT2D eigenvalue weighted by molar-refractivity contribution is 0.0955. The first kappa shape index (κ1) is 17.6.